The summed E-state index contributed by atoms with van der Waals surface area (Å²) in [6, 6.07) is 0. The molecule has 0 aromatic rings. The first-order valence-electron chi connectivity index (χ1n) is 3.77. The largest absolute Gasteiger partial charge is 0.299 e. The Morgan fingerprint density at radius 1 is 1.67 bits per heavy atom. The monoisotopic (exact) mass is 122 g/mol. The van der Waals surface area contributed by atoms with E-state index in [0.29, 0.717) is 23.0 Å². The lowest BCUT2D eigenvalue weighted by molar-refractivity contribution is -0.120. The second-order valence-electron chi connectivity index (χ2n) is 4.13. The number of ketones is 1. The zero-order chi connectivity index (χ0) is 6.22. The molecule has 4 aliphatic carbocycles. The fraction of sp³-hybridized carbons (Fsp3) is 0.875. The summed E-state index contributed by atoms with van der Waals surface area (Å²) in [5.74, 6) is 2.46. The summed E-state index contributed by atoms with van der Waals surface area (Å²) in [5, 5.41) is 0. The fourth-order valence-corrected chi connectivity index (χ4v) is 3.26. The standard InChI is InChI=1S/C8H10O/c1-8-3-4-2-5(8)6(8)7(4)9/h4-6H,2-3H2,1H3. The molecule has 0 aromatic carbocycles. The first-order valence-corrected chi connectivity index (χ1v) is 3.77. The van der Waals surface area contributed by atoms with Crippen molar-refractivity contribution < 1.29 is 4.79 Å². The van der Waals surface area contributed by atoms with Crippen LogP contribution < -0.4 is 0 Å². The number of carbonyl (C=O) groups excluding carboxylic acids is 1. The maximum atomic E-state index is 11.2. The van der Waals surface area contributed by atoms with Gasteiger partial charge >= 0.3 is 0 Å². The molecule has 4 fully saturated rings. The topological polar surface area (TPSA) is 17.1 Å². The van der Waals surface area contributed by atoms with Crippen LogP contribution in [0.3, 0.4) is 0 Å². The van der Waals surface area contributed by atoms with E-state index in [1.54, 1.807) is 0 Å². The number of rotatable bonds is 0. The van der Waals surface area contributed by atoms with Crippen molar-refractivity contribution in [2.24, 2.45) is 23.2 Å². The summed E-state index contributed by atoms with van der Waals surface area (Å²) >= 11 is 0. The average molecular weight is 122 g/mol. The lowest BCUT2D eigenvalue weighted by Crippen LogP contribution is -2.00. The highest BCUT2D eigenvalue weighted by Gasteiger charge is 2.76. The molecule has 0 saturated heterocycles. The first-order chi connectivity index (χ1) is 4.23. The Labute approximate surface area is 54.4 Å². The Balaban J connectivity index is 2.20. The van der Waals surface area contributed by atoms with Gasteiger partial charge in [0, 0.05) is 11.8 Å². The van der Waals surface area contributed by atoms with Gasteiger partial charge in [-0.1, -0.05) is 6.92 Å². The summed E-state index contributed by atoms with van der Waals surface area (Å²) in [4.78, 5) is 11.2. The molecule has 4 saturated carbocycles. The molecular formula is C8H10O. The molecule has 0 aliphatic heterocycles. The van der Waals surface area contributed by atoms with Crippen molar-refractivity contribution in [2.75, 3.05) is 0 Å². The van der Waals surface area contributed by atoms with E-state index in [2.05, 4.69) is 6.92 Å². The highest BCUT2D eigenvalue weighted by Crippen LogP contribution is 2.76. The van der Waals surface area contributed by atoms with Crippen molar-refractivity contribution in [3.63, 3.8) is 0 Å². The van der Waals surface area contributed by atoms with E-state index in [-0.39, 0.29) is 0 Å². The van der Waals surface area contributed by atoms with Gasteiger partial charge in [0.05, 0.1) is 0 Å². The molecule has 1 nitrogen and oxygen atoms in total. The van der Waals surface area contributed by atoms with E-state index < -0.39 is 0 Å². The van der Waals surface area contributed by atoms with Crippen LogP contribution in [0.1, 0.15) is 19.8 Å². The Morgan fingerprint density at radius 3 is 2.56 bits per heavy atom. The molecule has 4 atom stereocenters. The van der Waals surface area contributed by atoms with Gasteiger partial charge in [-0.05, 0) is 24.2 Å². The van der Waals surface area contributed by atoms with Crippen molar-refractivity contribution in [1.29, 1.82) is 0 Å². The molecule has 9 heavy (non-hydrogen) atoms. The molecule has 0 spiro atoms. The molecule has 48 valence electrons. The van der Waals surface area contributed by atoms with Crippen LogP contribution in [-0.4, -0.2) is 5.78 Å². The normalized spacial score (nSPS) is 67.2. The van der Waals surface area contributed by atoms with Gasteiger partial charge in [-0.3, -0.25) is 4.79 Å². The Kier molecular flexibility index (Phi) is 0.439. The molecule has 0 N–H and O–H groups in total. The lowest BCUT2D eigenvalue weighted by atomic mass is 10.1. The van der Waals surface area contributed by atoms with Gasteiger partial charge in [0.2, 0.25) is 0 Å². The predicted molar refractivity (Wildman–Crippen MR) is 32.8 cm³/mol. The summed E-state index contributed by atoms with van der Waals surface area (Å²) in [5.41, 5.74) is 0.516. The maximum absolute atomic E-state index is 11.2. The smallest absolute Gasteiger partial charge is 0.139 e. The Morgan fingerprint density at radius 2 is 2.44 bits per heavy atom. The second-order valence-corrected chi connectivity index (χ2v) is 4.13. The molecule has 4 rings (SSSR count). The SMILES string of the molecule is CC12CC3CC1C2C3=O. The first kappa shape index (κ1) is 4.48. The van der Waals surface area contributed by atoms with Crippen molar-refractivity contribution in [3.05, 3.63) is 0 Å². The second kappa shape index (κ2) is 0.882. The minimum Gasteiger partial charge on any atom is -0.299 e. The third-order valence-corrected chi connectivity index (χ3v) is 3.78. The average Bonchev–Trinajstić information content (AvgIpc) is 2.21. The number of carbonyl (C=O) groups is 1. The molecular weight excluding hydrogens is 112 g/mol. The predicted octanol–water partition coefficient (Wildman–Crippen LogP) is 1.23. The molecule has 0 aromatic heterocycles. The fourth-order valence-electron chi connectivity index (χ4n) is 3.26. The quantitative estimate of drug-likeness (QED) is 0.472. The number of Topliss-reactive ketones (excluding diaryl/α,β-unsaturated/α-hetero) is 1. The molecule has 1 heteroatoms. The van der Waals surface area contributed by atoms with Crippen molar-refractivity contribution >= 4 is 5.78 Å². The van der Waals surface area contributed by atoms with Crippen LogP contribution in [0, 0.1) is 23.2 Å². The van der Waals surface area contributed by atoms with Crippen molar-refractivity contribution in [2.45, 2.75) is 19.8 Å². The number of hydrogen-bond donors (Lipinski definition) is 0. The highest BCUT2D eigenvalue weighted by molar-refractivity contribution is 5.93. The molecule has 4 aliphatic rings. The van der Waals surface area contributed by atoms with E-state index in [1.165, 1.54) is 12.8 Å². The van der Waals surface area contributed by atoms with Crippen molar-refractivity contribution in [3.8, 4) is 0 Å². The third kappa shape index (κ3) is 0.262. The summed E-state index contributed by atoms with van der Waals surface area (Å²) in [6.07, 6.45) is 2.46. The van der Waals surface area contributed by atoms with E-state index >= 15 is 0 Å². The van der Waals surface area contributed by atoms with Crippen LogP contribution in [0.5, 0.6) is 0 Å². The third-order valence-electron chi connectivity index (χ3n) is 3.78. The lowest BCUT2D eigenvalue weighted by Gasteiger charge is -1.95. The van der Waals surface area contributed by atoms with Crippen molar-refractivity contribution in [1.82, 2.24) is 0 Å². The number of hydrogen-bond acceptors (Lipinski definition) is 1. The Bertz CT molecular complexity index is 209. The van der Waals surface area contributed by atoms with E-state index in [4.69, 9.17) is 0 Å². The Hall–Kier alpha value is -0.330. The zero-order valence-corrected chi connectivity index (χ0v) is 5.55. The van der Waals surface area contributed by atoms with Crippen LogP contribution in [0.25, 0.3) is 0 Å². The molecule has 4 bridgehead atoms. The zero-order valence-electron chi connectivity index (χ0n) is 5.55. The van der Waals surface area contributed by atoms with Gasteiger partial charge in [-0.2, -0.15) is 0 Å². The molecule has 4 unspecified atom stereocenters. The van der Waals surface area contributed by atoms with E-state index in [0.717, 1.165) is 5.92 Å². The van der Waals surface area contributed by atoms with Crippen LogP contribution in [0.15, 0.2) is 0 Å². The van der Waals surface area contributed by atoms with Gasteiger partial charge in [0.15, 0.2) is 0 Å². The minimum atomic E-state index is 0.505. The van der Waals surface area contributed by atoms with Crippen LogP contribution in [0.4, 0.5) is 0 Å². The van der Waals surface area contributed by atoms with E-state index in [9.17, 15) is 4.79 Å². The van der Waals surface area contributed by atoms with Gasteiger partial charge in [0.1, 0.15) is 5.78 Å². The molecule has 0 amide bonds. The van der Waals surface area contributed by atoms with E-state index in [1.807, 2.05) is 0 Å². The maximum Gasteiger partial charge on any atom is 0.139 e. The van der Waals surface area contributed by atoms with Gasteiger partial charge in [-0.25, -0.2) is 0 Å². The molecule has 0 radical (unpaired) electrons. The summed E-state index contributed by atoms with van der Waals surface area (Å²) < 4.78 is 0. The van der Waals surface area contributed by atoms with Gasteiger partial charge in [0.25, 0.3) is 0 Å². The van der Waals surface area contributed by atoms with Crippen LogP contribution in [-0.2, 0) is 4.79 Å². The summed E-state index contributed by atoms with van der Waals surface area (Å²) in [7, 11) is 0. The highest BCUT2D eigenvalue weighted by atomic mass is 16.1. The van der Waals surface area contributed by atoms with Gasteiger partial charge < -0.3 is 0 Å². The van der Waals surface area contributed by atoms with Crippen LogP contribution >= 0.6 is 0 Å². The van der Waals surface area contributed by atoms with Gasteiger partial charge in [-0.15, -0.1) is 0 Å². The minimum absolute atomic E-state index is 0.505. The summed E-state index contributed by atoms with van der Waals surface area (Å²) in [6.45, 7) is 2.28. The molecule has 0 heterocycles. The van der Waals surface area contributed by atoms with Crippen LogP contribution in [0.2, 0.25) is 0 Å².